The molecule has 0 aliphatic carbocycles. The van der Waals surface area contributed by atoms with Crippen molar-refractivity contribution in [2.45, 2.75) is 57.8 Å². The Bertz CT molecular complexity index is 482. The highest BCUT2D eigenvalue weighted by molar-refractivity contribution is 6.53. The normalized spacial score (nSPS) is 21.2. The number of unbranched alkanes of at least 4 members (excludes halogenated alkanes) is 4. The van der Waals surface area contributed by atoms with E-state index >= 15 is 0 Å². The van der Waals surface area contributed by atoms with Crippen molar-refractivity contribution in [3.8, 4) is 0 Å². The summed E-state index contributed by atoms with van der Waals surface area (Å²) in [6.45, 7) is 3.56. The number of ether oxygens (including phenoxy) is 2. The van der Waals surface area contributed by atoms with Crippen LogP contribution in [0, 0.1) is 23.4 Å². The van der Waals surface area contributed by atoms with Crippen molar-refractivity contribution in [1.82, 2.24) is 0 Å². The molecule has 0 saturated carbocycles. The molecule has 1 aromatic carbocycles. The van der Waals surface area contributed by atoms with Crippen LogP contribution in [0.1, 0.15) is 45.4 Å². The first-order chi connectivity index (χ1) is 11.6. The molecule has 0 bridgehead atoms. The highest BCUT2D eigenvalue weighted by atomic mass is 28.2. The third-order valence-corrected chi connectivity index (χ3v) is 5.44. The Balaban J connectivity index is 1.64. The van der Waals surface area contributed by atoms with Crippen LogP contribution in [0.3, 0.4) is 0 Å². The van der Waals surface area contributed by atoms with Crippen LogP contribution >= 0.6 is 0 Å². The fourth-order valence-electron chi connectivity index (χ4n) is 2.76. The van der Waals surface area contributed by atoms with Gasteiger partial charge >= 0.3 is 0 Å². The summed E-state index contributed by atoms with van der Waals surface area (Å²) < 4.78 is 50.7. The molecule has 1 aliphatic heterocycles. The van der Waals surface area contributed by atoms with Gasteiger partial charge in [0.25, 0.3) is 0 Å². The number of rotatable bonds is 9. The first kappa shape index (κ1) is 19.5. The first-order valence-corrected chi connectivity index (χ1v) is 9.92. The molecule has 134 valence electrons. The van der Waals surface area contributed by atoms with Gasteiger partial charge in [0, 0.05) is 5.92 Å². The van der Waals surface area contributed by atoms with Gasteiger partial charge in [-0.2, -0.15) is 0 Å². The number of halogens is 3. The number of hydrogen-bond acceptors (Lipinski definition) is 2. The maximum Gasteiger partial charge on any atom is 0.194 e. The van der Waals surface area contributed by atoms with Gasteiger partial charge in [-0.1, -0.05) is 44.2 Å². The molecular weight excluding hydrogens is 333 g/mol. The zero-order valence-corrected chi connectivity index (χ0v) is 15.1. The van der Waals surface area contributed by atoms with Crippen molar-refractivity contribution in [3.63, 3.8) is 0 Å². The molecule has 1 fully saturated rings. The van der Waals surface area contributed by atoms with Crippen LogP contribution in [0.4, 0.5) is 13.2 Å². The van der Waals surface area contributed by atoms with Gasteiger partial charge in [-0.25, -0.2) is 13.2 Å². The van der Waals surface area contributed by atoms with Gasteiger partial charge in [-0.05, 0) is 24.6 Å². The van der Waals surface area contributed by atoms with Gasteiger partial charge in [0.05, 0.1) is 22.7 Å². The molecule has 0 spiro atoms. The minimum absolute atomic E-state index is 0.121. The summed E-state index contributed by atoms with van der Waals surface area (Å²) in [6.07, 6.45) is 7.09. The molecule has 2 nitrogen and oxygen atoms in total. The summed E-state index contributed by atoms with van der Waals surface area (Å²) in [6, 6.07) is 2.62. The molecule has 2 rings (SSSR count). The average molecular weight is 358 g/mol. The predicted molar refractivity (Wildman–Crippen MR) is 89.1 cm³/mol. The van der Waals surface area contributed by atoms with Gasteiger partial charge in [-0.15, -0.1) is 0 Å². The second-order valence-corrected chi connectivity index (χ2v) is 7.64. The molecule has 0 N–H and O–H groups in total. The van der Waals surface area contributed by atoms with E-state index in [2.05, 4.69) is 6.92 Å². The van der Waals surface area contributed by atoms with E-state index in [-0.39, 0.29) is 15.8 Å². The maximum atomic E-state index is 13.2. The smallest absolute Gasteiger partial charge is 0.194 e. The maximum absolute atomic E-state index is 13.2. The Morgan fingerprint density at radius 3 is 2.25 bits per heavy atom. The molecule has 24 heavy (non-hydrogen) atoms. The van der Waals surface area contributed by atoms with Crippen LogP contribution in [-0.2, 0) is 9.47 Å². The van der Waals surface area contributed by atoms with Crippen LogP contribution in [0.2, 0.25) is 6.04 Å². The van der Waals surface area contributed by atoms with Crippen LogP contribution in [0.15, 0.2) is 12.1 Å². The second-order valence-electron chi connectivity index (χ2n) is 6.30. The zero-order chi connectivity index (χ0) is 17.4. The first-order valence-electron chi connectivity index (χ1n) is 8.71. The summed E-state index contributed by atoms with van der Waals surface area (Å²) in [5.74, 6) is -3.28. The van der Waals surface area contributed by atoms with E-state index in [0.717, 1.165) is 18.6 Å². The Kier molecular flexibility index (Phi) is 8.28. The molecule has 0 aromatic heterocycles. The van der Waals surface area contributed by atoms with Crippen molar-refractivity contribution < 1.29 is 22.6 Å². The highest BCUT2D eigenvalue weighted by Gasteiger charge is 2.22. The minimum Gasteiger partial charge on any atom is -0.353 e. The molecule has 1 saturated heterocycles. The highest BCUT2D eigenvalue weighted by Crippen LogP contribution is 2.19. The number of hydrogen-bond donors (Lipinski definition) is 0. The number of benzene rings is 1. The Labute approximate surface area is 144 Å². The molecule has 0 amide bonds. The Hall–Kier alpha value is -0.853. The standard InChI is InChI=1S/C18H25F3O2Si/c1-2-3-4-5-6-7-13-10-22-17(23-11-13)12-24-14-8-15(19)18(21)16(20)9-14/h8-9,13,17H,2-7,10-12H2,1H3. The fourth-order valence-corrected chi connectivity index (χ4v) is 3.86. The van der Waals surface area contributed by atoms with Gasteiger partial charge in [-0.3, -0.25) is 0 Å². The fraction of sp³-hybridized carbons (Fsp3) is 0.667. The van der Waals surface area contributed by atoms with Crippen molar-refractivity contribution in [3.05, 3.63) is 29.6 Å². The second kappa shape index (κ2) is 10.2. The average Bonchev–Trinajstić information content (AvgIpc) is 2.58. The lowest BCUT2D eigenvalue weighted by molar-refractivity contribution is -0.190. The largest absolute Gasteiger partial charge is 0.353 e. The lowest BCUT2D eigenvalue weighted by Gasteiger charge is -2.29. The summed E-state index contributed by atoms with van der Waals surface area (Å²) in [7, 11) is 0.121. The Morgan fingerprint density at radius 1 is 1.00 bits per heavy atom. The lowest BCUT2D eigenvalue weighted by atomic mass is 10.0. The quantitative estimate of drug-likeness (QED) is 0.374. The monoisotopic (exact) mass is 358 g/mol. The summed E-state index contributed by atoms with van der Waals surface area (Å²) >= 11 is 0. The van der Waals surface area contributed by atoms with E-state index in [1.165, 1.54) is 32.1 Å². The van der Waals surface area contributed by atoms with Crippen molar-refractivity contribution in [2.75, 3.05) is 13.2 Å². The molecule has 2 radical (unpaired) electrons. The van der Waals surface area contributed by atoms with E-state index in [1.54, 1.807) is 0 Å². The van der Waals surface area contributed by atoms with Gasteiger partial charge in [0.2, 0.25) is 0 Å². The lowest BCUT2D eigenvalue weighted by Crippen LogP contribution is -2.34. The van der Waals surface area contributed by atoms with E-state index in [0.29, 0.717) is 30.4 Å². The van der Waals surface area contributed by atoms with Crippen molar-refractivity contribution >= 4 is 14.7 Å². The minimum atomic E-state index is -1.42. The summed E-state index contributed by atoms with van der Waals surface area (Å²) in [4.78, 5) is 0. The van der Waals surface area contributed by atoms with Crippen molar-refractivity contribution in [2.24, 2.45) is 5.92 Å². The van der Waals surface area contributed by atoms with Crippen LogP contribution < -0.4 is 5.19 Å². The topological polar surface area (TPSA) is 18.5 Å². The molecule has 6 heteroatoms. The SMILES string of the molecule is CCCCCCCC1COC(C[Si]c2cc(F)c(F)c(F)c2)OC1. The van der Waals surface area contributed by atoms with Gasteiger partial charge in [0.1, 0.15) is 0 Å². The van der Waals surface area contributed by atoms with Crippen LogP contribution in [-0.4, -0.2) is 29.0 Å². The third kappa shape index (κ3) is 6.22. The Morgan fingerprint density at radius 2 is 1.62 bits per heavy atom. The summed E-state index contributed by atoms with van der Waals surface area (Å²) in [5, 5.41) is 0.441. The molecule has 0 atom stereocenters. The van der Waals surface area contributed by atoms with Crippen molar-refractivity contribution in [1.29, 1.82) is 0 Å². The molecule has 1 heterocycles. The van der Waals surface area contributed by atoms with Crippen LogP contribution in [0.25, 0.3) is 0 Å². The van der Waals surface area contributed by atoms with E-state index < -0.39 is 17.5 Å². The van der Waals surface area contributed by atoms with Gasteiger partial charge in [0.15, 0.2) is 23.7 Å². The third-order valence-electron chi connectivity index (χ3n) is 4.21. The van der Waals surface area contributed by atoms with E-state index in [1.807, 2.05) is 0 Å². The molecule has 1 aromatic rings. The molecule has 0 unspecified atom stereocenters. The van der Waals surface area contributed by atoms with E-state index in [9.17, 15) is 13.2 Å². The summed E-state index contributed by atoms with van der Waals surface area (Å²) in [5.41, 5.74) is 0. The van der Waals surface area contributed by atoms with Gasteiger partial charge < -0.3 is 9.47 Å². The zero-order valence-electron chi connectivity index (χ0n) is 14.1. The predicted octanol–water partition coefficient (Wildman–Crippen LogP) is 4.20. The van der Waals surface area contributed by atoms with Crippen LogP contribution in [0.5, 0.6) is 0 Å². The van der Waals surface area contributed by atoms with E-state index in [4.69, 9.17) is 9.47 Å². The molecule has 1 aliphatic rings. The molecular formula is C18H25F3O2Si.